The summed E-state index contributed by atoms with van der Waals surface area (Å²) < 4.78 is 0. The summed E-state index contributed by atoms with van der Waals surface area (Å²) in [5.74, 6) is 1.88. The van der Waals surface area contributed by atoms with Crippen LogP contribution in [0.2, 0.25) is 5.28 Å². The topological polar surface area (TPSA) is 37.8 Å². The Morgan fingerprint density at radius 1 is 1.53 bits per heavy atom. The maximum absolute atomic E-state index is 5.79. The van der Waals surface area contributed by atoms with Crippen LogP contribution < -0.4 is 5.32 Å². The average molecular weight is 246 g/mol. The second kappa shape index (κ2) is 6.18. The number of aromatic nitrogens is 2. The van der Waals surface area contributed by atoms with Gasteiger partial charge in [0.05, 0.1) is 0 Å². The lowest BCUT2D eigenvalue weighted by Crippen LogP contribution is -2.21. The number of nitrogens with one attached hydrogen (secondary N) is 1. The van der Waals surface area contributed by atoms with Crippen molar-refractivity contribution in [3.8, 4) is 0 Å². The van der Waals surface area contributed by atoms with Gasteiger partial charge in [-0.25, -0.2) is 9.97 Å². The zero-order valence-electron chi connectivity index (χ0n) is 9.25. The van der Waals surface area contributed by atoms with Gasteiger partial charge >= 0.3 is 0 Å². The van der Waals surface area contributed by atoms with Crippen molar-refractivity contribution in [2.75, 3.05) is 17.3 Å². The monoisotopic (exact) mass is 245 g/mol. The maximum atomic E-state index is 5.79. The Hall–Kier alpha value is -0.480. The molecule has 84 valence electrons. The van der Waals surface area contributed by atoms with Crippen LogP contribution in [-0.4, -0.2) is 28.0 Å². The molecule has 1 unspecified atom stereocenters. The first-order valence-electron chi connectivity index (χ1n) is 4.92. The van der Waals surface area contributed by atoms with Crippen molar-refractivity contribution in [2.45, 2.75) is 26.3 Å². The molecule has 0 aromatic carbocycles. The molecule has 0 saturated carbocycles. The van der Waals surface area contributed by atoms with Crippen molar-refractivity contribution in [3.05, 3.63) is 17.0 Å². The highest BCUT2D eigenvalue weighted by atomic mass is 35.5. The third-order valence-corrected chi connectivity index (χ3v) is 2.94. The third kappa shape index (κ3) is 4.26. The number of hydrogen-bond acceptors (Lipinski definition) is 4. The minimum atomic E-state index is 0.302. The Kier molecular flexibility index (Phi) is 5.19. The Morgan fingerprint density at radius 3 is 2.80 bits per heavy atom. The molecular weight excluding hydrogens is 230 g/mol. The highest BCUT2D eigenvalue weighted by molar-refractivity contribution is 7.98. The standard InChI is InChI=1S/C10H16ClN3S/c1-4-8(6-15-3)13-9-5-7(2)12-10(11)14-9/h5,8H,4,6H2,1-3H3,(H,12,13,14). The second-order valence-electron chi connectivity index (χ2n) is 3.37. The van der Waals surface area contributed by atoms with Crippen LogP contribution in [0.3, 0.4) is 0 Å². The highest BCUT2D eigenvalue weighted by Crippen LogP contribution is 2.13. The SMILES string of the molecule is CCC(CSC)Nc1cc(C)nc(Cl)n1. The maximum Gasteiger partial charge on any atom is 0.224 e. The molecule has 1 N–H and O–H groups in total. The zero-order chi connectivity index (χ0) is 11.3. The van der Waals surface area contributed by atoms with Crippen molar-refractivity contribution in [1.82, 2.24) is 9.97 Å². The van der Waals surface area contributed by atoms with Crippen LogP contribution in [0.15, 0.2) is 6.07 Å². The van der Waals surface area contributed by atoms with Crippen LogP contribution in [0.4, 0.5) is 5.82 Å². The number of aryl methyl sites for hydroxylation is 1. The minimum absolute atomic E-state index is 0.302. The van der Waals surface area contributed by atoms with Gasteiger partial charge in [-0.2, -0.15) is 11.8 Å². The summed E-state index contributed by atoms with van der Waals surface area (Å²) in [5, 5.41) is 3.66. The lowest BCUT2D eigenvalue weighted by molar-refractivity contribution is 0.768. The number of thioether (sulfide) groups is 1. The van der Waals surface area contributed by atoms with Gasteiger partial charge in [-0.15, -0.1) is 0 Å². The lowest BCUT2D eigenvalue weighted by Gasteiger charge is -2.16. The molecule has 3 nitrogen and oxygen atoms in total. The normalized spacial score (nSPS) is 12.5. The smallest absolute Gasteiger partial charge is 0.224 e. The molecule has 0 aliphatic rings. The van der Waals surface area contributed by atoms with Gasteiger partial charge in [0, 0.05) is 23.6 Å². The molecule has 5 heteroatoms. The Morgan fingerprint density at radius 2 is 2.27 bits per heavy atom. The lowest BCUT2D eigenvalue weighted by atomic mass is 10.2. The van der Waals surface area contributed by atoms with E-state index in [1.165, 1.54) is 0 Å². The predicted molar refractivity (Wildman–Crippen MR) is 67.9 cm³/mol. The first-order chi connectivity index (χ1) is 7.15. The first-order valence-corrected chi connectivity index (χ1v) is 6.69. The largest absolute Gasteiger partial charge is 0.366 e. The number of halogens is 1. The fraction of sp³-hybridized carbons (Fsp3) is 0.600. The summed E-state index contributed by atoms with van der Waals surface area (Å²) in [6.07, 6.45) is 3.17. The Labute approximate surface area is 100 Å². The van der Waals surface area contributed by atoms with Gasteiger partial charge < -0.3 is 5.32 Å². The molecule has 1 aromatic rings. The fourth-order valence-electron chi connectivity index (χ4n) is 1.28. The van der Waals surface area contributed by atoms with E-state index in [2.05, 4.69) is 28.5 Å². The molecule has 0 aliphatic heterocycles. The summed E-state index contributed by atoms with van der Waals surface area (Å²) in [6.45, 7) is 4.07. The van der Waals surface area contributed by atoms with Gasteiger partial charge in [-0.05, 0) is 31.2 Å². The molecule has 1 heterocycles. The van der Waals surface area contributed by atoms with Gasteiger partial charge in [0.1, 0.15) is 5.82 Å². The number of nitrogens with zero attached hydrogens (tertiary/aromatic N) is 2. The van der Waals surface area contributed by atoms with Gasteiger partial charge in [-0.3, -0.25) is 0 Å². The molecule has 0 amide bonds. The number of hydrogen-bond donors (Lipinski definition) is 1. The molecule has 0 radical (unpaired) electrons. The van der Waals surface area contributed by atoms with Crippen LogP contribution in [0.1, 0.15) is 19.0 Å². The molecule has 1 rings (SSSR count). The van der Waals surface area contributed by atoms with Crippen LogP contribution in [-0.2, 0) is 0 Å². The van der Waals surface area contributed by atoms with Crippen LogP contribution in [0.25, 0.3) is 0 Å². The van der Waals surface area contributed by atoms with Crippen LogP contribution >= 0.6 is 23.4 Å². The van der Waals surface area contributed by atoms with E-state index in [-0.39, 0.29) is 0 Å². The highest BCUT2D eigenvalue weighted by Gasteiger charge is 2.07. The summed E-state index contributed by atoms with van der Waals surface area (Å²) in [4.78, 5) is 8.16. The van der Waals surface area contributed by atoms with Gasteiger partial charge in [0.25, 0.3) is 0 Å². The second-order valence-corrected chi connectivity index (χ2v) is 4.62. The van der Waals surface area contributed by atoms with Crippen molar-refractivity contribution in [1.29, 1.82) is 0 Å². The molecule has 0 saturated heterocycles. The van der Waals surface area contributed by atoms with Gasteiger partial charge in [0.2, 0.25) is 5.28 Å². The van der Waals surface area contributed by atoms with Crippen LogP contribution in [0, 0.1) is 6.92 Å². The van der Waals surface area contributed by atoms with E-state index >= 15 is 0 Å². The molecular formula is C10H16ClN3S. The van der Waals surface area contributed by atoms with Crippen LogP contribution in [0.5, 0.6) is 0 Å². The quantitative estimate of drug-likeness (QED) is 0.810. The van der Waals surface area contributed by atoms with Crippen molar-refractivity contribution >= 4 is 29.2 Å². The van der Waals surface area contributed by atoms with E-state index in [4.69, 9.17) is 11.6 Å². The third-order valence-electron chi connectivity index (χ3n) is 2.04. The van der Waals surface area contributed by atoms with E-state index in [1.807, 2.05) is 24.8 Å². The number of rotatable bonds is 5. The van der Waals surface area contributed by atoms with E-state index < -0.39 is 0 Å². The van der Waals surface area contributed by atoms with Gasteiger partial charge in [0.15, 0.2) is 0 Å². The van der Waals surface area contributed by atoms with Crippen molar-refractivity contribution < 1.29 is 0 Å². The molecule has 0 fully saturated rings. The van der Waals surface area contributed by atoms with Crippen molar-refractivity contribution in [2.24, 2.45) is 0 Å². The zero-order valence-corrected chi connectivity index (χ0v) is 10.8. The summed E-state index contributed by atoms with van der Waals surface area (Å²) in [5.41, 5.74) is 0.886. The summed E-state index contributed by atoms with van der Waals surface area (Å²) in [7, 11) is 0. The fourth-order valence-corrected chi connectivity index (χ4v) is 2.22. The van der Waals surface area contributed by atoms with E-state index in [0.717, 1.165) is 23.7 Å². The minimum Gasteiger partial charge on any atom is -0.366 e. The predicted octanol–water partition coefficient (Wildman–Crippen LogP) is 2.99. The van der Waals surface area contributed by atoms with E-state index in [0.29, 0.717) is 11.3 Å². The van der Waals surface area contributed by atoms with Gasteiger partial charge in [-0.1, -0.05) is 6.92 Å². The number of anilines is 1. The Balaban J connectivity index is 2.69. The summed E-state index contributed by atoms with van der Waals surface area (Å²) in [6, 6.07) is 2.35. The molecule has 15 heavy (non-hydrogen) atoms. The Bertz CT molecular complexity index is 299. The first kappa shape index (κ1) is 12.6. The molecule has 1 atom stereocenters. The summed E-state index contributed by atoms with van der Waals surface area (Å²) >= 11 is 7.61. The molecule has 1 aromatic heterocycles. The van der Waals surface area contributed by atoms with Crippen molar-refractivity contribution in [3.63, 3.8) is 0 Å². The van der Waals surface area contributed by atoms with E-state index in [1.54, 1.807) is 0 Å². The molecule has 0 spiro atoms. The molecule has 0 aliphatic carbocycles. The van der Waals surface area contributed by atoms with E-state index in [9.17, 15) is 0 Å². The average Bonchev–Trinajstić information content (AvgIpc) is 2.15. The molecule has 0 bridgehead atoms.